The van der Waals surface area contributed by atoms with E-state index in [-0.39, 0.29) is 24.5 Å². The summed E-state index contributed by atoms with van der Waals surface area (Å²) in [7, 11) is 0. The van der Waals surface area contributed by atoms with Crippen molar-refractivity contribution in [1.29, 1.82) is 0 Å². The van der Waals surface area contributed by atoms with Gasteiger partial charge in [-0.05, 0) is 47.7 Å². The molecule has 1 atom stereocenters. The molecule has 2 aromatic carbocycles. The van der Waals surface area contributed by atoms with Crippen molar-refractivity contribution in [2.75, 3.05) is 5.32 Å². The van der Waals surface area contributed by atoms with Gasteiger partial charge in [0.1, 0.15) is 5.82 Å². The van der Waals surface area contributed by atoms with Crippen LogP contribution in [0.5, 0.6) is 0 Å². The Labute approximate surface area is 134 Å². The highest BCUT2D eigenvalue weighted by Gasteiger charge is 2.19. The summed E-state index contributed by atoms with van der Waals surface area (Å²) in [6.07, 6.45) is 1.76. The van der Waals surface area contributed by atoms with E-state index in [1.165, 1.54) is 17.7 Å². The van der Waals surface area contributed by atoms with Crippen molar-refractivity contribution in [2.45, 2.75) is 31.9 Å². The minimum atomic E-state index is -0.360. The van der Waals surface area contributed by atoms with Crippen LogP contribution in [-0.2, 0) is 19.4 Å². The van der Waals surface area contributed by atoms with Crippen molar-refractivity contribution in [1.82, 2.24) is 5.32 Å². The van der Waals surface area contributed by atoms with Gasteiger partial charge in [-0.1, -0.05) is 24.3 Å². The lowest BCUT2D eigenvalue weighted by molar-refractivity contribution is 0.159. The third-order valence-electron chi connectivity index (χ3n) is 4.05. The quantitative estimate of drug-likeness (QED) is 0.815. The number of fused-ring (bicyclic) bond motifs is 1. The molecule has 0 aromatic heterocycles. The fraction of sp³-hybridized carbons (Fsp3) is 0.278. The molecule has 23 heavy (non-hydrogen) atoms. The number of aryl methyl sites for hydroxylation is 1. The standard InChI is InChI=1S/C18H19FN2O2/c19-14-5-1-3-12(9-14)11-20-18(23)21-17-6-2-4-13-7-8-15(22)10-16(13)17/h1-6,9,15,22H,7-8,10-11H2,(H2,20,21,23)/t15-/m0/s1. The highest BCUT2D eigenvalue weighted by Crippen LogP contribution is 2.28. The van der Waals surface area contributed by atoms with Gasteiger partial charge >= 0.3 is 6.03 Å². The molecule has 120 valence electrons. The Balaban J connectivity index is 1.64. The fourth-order valence-electron chi connectivity index (χ4n) is 2.88. The number of urea groups is 1. The predicted octanol–water partition coefficient (Wildman–Crippen LogP) is 3.00. The molecule has 0 bridgehead atoms. The van der Waals surface area contributed by atoms with Gasteiger partial charge in [-0.3, -0.25) is 0 Å². The summed E-state index contributed by atoms with van der Waals surface area (Å²) in [6, 6.07) is 11.5. The first kappa shape index (κ1) is 15.5. The van der Waals surface area contributed by atoms with E-state index in [9.17, 15) is 14.3 Å². The second-order valence-electron chi connectivity index (χ2n) is 5.78. The molecule has 2 amide bonds. The molecule has 0 unspecified atom stereocenters. The Morgan fingerprint density at radius 2 is 2.09 bits per heavy atom. The van der Waals surface area contributed by atoms with E-state index in [0.717, 1.165) is 24.1 Å². The number of halogens is 1. The molecular formula is C18H19FN2O2. The number of carbonyl (C=O) groups excluding carboxylic acids is 1. The van der Waals surface area contributed by atoms with E-state index in [1.54, 1.807) is 12.1 Å². The van der Waals surface area contributed by atoms with E-state index in [4.69, 9.17) is 0 Å². The van der Waals surface area contributed by atoms with Gasteiger partial charge in [-0.2, -0.15) is 0 Å². The SMILES string of the molecule is O=C(NCc1cccc(F)c1)Nc1cccc2c1C[C@@H](O)CC2. The third kappa shape index (κ3) is 3.87. The van der Waals surface area contributed by atoms with Gasteiger partial charge in [0, 0.05) is 18.7 Å². The van der Waals surface area contributed by atoms with Crippen molar-refractivity contribution in [2.24, 2.45) is 0 Å². The molecular weight excluding hydrogens is 295 g/mol. The van der Waals surface area contributed by atoms with Gasteiger partial charge < -0.3 is 15.7 Å². The molecule has 0 radical (unpaired) electrons. The van der Waals surface area contributed by atoms with Crippen molar-refractivity contribution in [3.63, 3.8) is 0 Å². The van der Waals surface area contributed by atoms with E-state index in [2.05, 4.69) is 10.6 Å². The number of amides is 2. The monoisotopic (exact) mass is 314 g/mol. The number of hydrogen-bond donors (Lipinski definition) is 3. The predicted molar refractivity (Wildman–Crippen MR) is 86.7 cm³/mol. The highest BCUT2D eigenvalue weighted by atomic mass is 19.1. The van der Waals surface area contributed by atoms with Gasteiger partial charge in [0.2, 0.25) is 0 Å². The van der Waals surface area contributed by atoms with Crippen LogP contribution in [0.15, 0.2) is 42.5 Å². The first-order chi connectivity index (χ1) is 11.1. The maximum Gasteiger partial charge on any atom is 0.319 e. The van der Waals surface area contributed by atoms with Crippen LogP contribution in [0, 0.1) is 5.82 Å². The topological polar surface area (TPSA) is 61.4 Å². The van der Waals surface area contributed by atoms with Crippen LogP contribution >= 0.6 is 0 Å². The van der Waals surface area contributed by atoms with Crippen molar-refractivity contribution in [3.05, 3.63) is 65.0 Å². The zero-order chi connectivity index (χ0) is 16.2. The Hall–Kier alpha value is -2.40. The Morgan fingerprint density at radius 3 is 2.91 bits per heavy atom. The molecule has 3 rings (SSSR count). The normalized spacial score (nSPS) is 16.5. The lowest BCUT2D eigenvalue weighted by Gasteiger charge is -2.23. The first-order valence-electron chi connectivity index (χ1n) is 7.70. The van der Waals surface area contributed by atoms with Crippen LogP contribution in [0.2, 0.25) is 0 Å². The second-order valence-corrected chi connectivity index (χ2v) is 5.78. The molecule has 0 fully saturated rings. The van der Waals surface area contributed by atoms with Crippen LogP contribution in [0.1, 0.15) is 23.1 Å². The first-order valence-corrected chi connectivity index (χ1v) is 7.70. The van der Waals surface area contributed by atoms with Crippen LogP contribution in [-0.4, -0.2) is 17.2 Å². The lowest BCUT2D eigenvalue weighted by atomic mass is 9.88. The highest BCUT2D eigenvalue weighted by molar-refractivity contribution is 5.90. The summed E-state index contributed by atoms with van der Waals surface area (Å²) in [5, 5.41) is 15.4. The smallest absolute Gasteiger partial charge is 0.319 e. The van der Waals surface area contributed by atoms with Crippen molar-refractivity contribution >= 4 is 11.7 Å². The summed E-state index contributed by atoms with van der Waals surface area (Å²) in [4.78, 5) is 12.1. The van der Waals surface area contributed by atoms with E-state index >= 15 is 0 Å². The van der Waals surface area contributed by atoms with E-state index in [0.29, 0.717) is 12.0 Å². The van der Waals surface area contributed by atoms with Crippen molar-refractivity contribution < 1.29 is 14.3 Å². The van der Waals surface area contributed by atoms with Gasteiger partial charge in [-0.25, -0.2) is 9.18 Å². The van der Waals surface area contributed by atoms with Crippen LogP contribution in [0.3, 0.4) is 0 Å². The van der Waals surface area contributed by atoms with Crippen molar-refractivity contribution in [3.8, 4) is 0 Å². The Morgan fingerprint density at radius 1 is 1.26 bits per heavy atom. The van der Waals surface area contributed by atoms with Gasteiger partial charge in [0.15, 0.2) is 0 Å². The van der Waals surface area contributed by atoms with Crippen LogP contribution < -0.4 is 10.6 Å². The summed E-state index contributed by atoms with van der Waals surface area (Å²) in [6.45, 7) is 0.251. The molecule has 3 N–H and O–H groups in total. The summed E-state index contributed by atoms with van der Waals surface area (Å²) in [5.74, 6) is -0.323. The molecule has 1 aliphatic carbocycles. The van der Waals surface area contributed by atoms with Crippen LogP contribution in [0.4, 0.5) is 14.9 Å². The molecule has 0 spiro atoms. The fourth-order valence-corrected chi connectivity index (χ4v) is 2.88. The molecule has 0 saturated heterocycles. The number of anilines is 1. The molecule has 0 heterocycles. The Kier molecular flexibility index (Phi) is 4.57. The Bertz CT molecular complexity index is 718. The average molecular weight is 314 g/mol. The maximum atomic E-state index is 13.1. The summed E-state index contributed by atoms with van der Waals surface area (Å²) in [5.41, 5.74) is 3.58. The number of rotatable bonds is 3. The minimum absolute atomic E-state index is 0.251. The molecule has 5 heteroatoms. The van der Waals surface area contributed by atoms with Gasteiger partial charge in [-0.15, -0.1) is 0 Å². The summed E-state index contributed by atoms with van der Waals surface area (Å²) >= 11 is 0. The summed E-state index contributed by atoms with van der Waals surface area (Å²) < 4.78 is 13.1. The zero-order valence-corrected chi connectivity index (χ0v) is 12.7. The molecule has 2 aromatic rings. The number of carbonyl (C=O) groups is 1. The third-order valence-corrected chi connectivity index (χ3v) is 4.05. The van der Waals surface area contributed by atoms with E-state index < -0.39 is 0 Å². The van der Waals surface area contributed by atoms with Crippen LogP contribution in [0.25, 0.3) is 0 Å². The van der Waals surface area contributed by atoms with Gasteiger partial charge in [0.05, 0.1) is 6.10 Å². The number of aliphatic hydroxyl groups excluding tert-OH is 1. The molecule has 0 saturated carbocycles. The van der Waals surface area contributed by atoms with Gasteiger partial charge in [0.25, 0.3) is 0 Å². The molecule has 1 aliphatic rings. The number of benzene rings is 2. The average Bonchev–Trinajstić information content (AvgIpc) is 2.54. The number of nitrogens with one attached hydrogen (secondary N) is 2. The maximum absolute atomic E-state index is 13.1. The second kappa shape index (κ2) is 6.79. The minimum Gasteiger partial charge on any atom is -0.393 e. The zero-order valence-electron chi connectivity index (χ0n) is 12.7. The molecule has 4 nitrogen and oxygen atoms in total. The molecule has 0 aliphatic heterocycles. The van der Waals surface area contributed by atoms with E-state index in [1.807, 2.05) is 18.2 Å². The number of aliphatic hydroxyl groups is 1. The lowest BCUT2D eigenvalue weighted by Crippen LogP contribution is -2.29. The number of hydrogen-bond acceptors (Lipinski definition) is 2. The largest absolute Gasteiger partial charge is 0.393 e.